The van der Waals surface area contributed by atoms with Crippen molar-refractivity contribution in [3.05, 3.63) is 85.1 Å². The SMILES string of the molecule is CC/C=C\C/C=C\C/C=C\C/C=C\C/C=C\CCCCCCCC(=O)OC(COC(=O)CCCCCCC/C=C\C/C=C\CCC)COP(=O)(O)OCC[N+](C)(C)C. The van der Waals surface area contributed by atoms with Crippen LogP contribution < -0.4 is 0 Å². The number of phosphoric acid groups is 1. The van der Waals surface area contributed by atoms with E-state index < -0.39 is 32.5 Å². The van der Waals surface area contributed by atoms with Gasteiger partial charge in [-0.05, 0) is 83.5 Å². The first-order valence-electron chi connectivity index (χ1n) is 22.3. The summed E-state index contributed by atoms with van der Waals surface area (Å²) < 4.78 is 34.3. The number of allylic oxidation sites excluding steroid dienone is 14. The van der Waals surface area contributed by atoms with Crippen LogP contribution in [-0.4, -0.2) is 74.9 Å². The first-order chi connectivity index (χ1) is 28.0. The van der Waals surface area contributed by atoms with Crippen LogP contribution in [0.1, 0.15) is 155 Å². The Bertz CT molecular complexity index is 1260. The molecule has 2 unspecified atom stereocenters. The van der Waals surface area contributed by atoms with Gasteiger partial charge in [-0.15, -0.1) is 0 Å². The molecule has 0 heterocycles. The summed E-state index contributed by atoms with van der Waals surface area (Å²) in [6.45, 7) is 4.18. The van der Waals surface area contributed by atoms with E-state index in [4.69, 9.17) is 18.5 Å². The van der Waals surface area contributed by atoms with E-state index in [0.29, 0.717) is 23.9 Å². The highest BCUT2D eigenvalue weighted by molar-refractivity contribution is 7.47. The molecule has 0 aromatic rings. The van der Waals surface area contributed by atoms with Crippen LogP contribution in [0.2, 0.25) is 0 Å². The lowest BCUT2D eigenvalue weighted by atomic mass is 10.1. The molecule has 9 nitrogen and oxygen atoms in total. The molecule has 0 aliphatic heterocycles. The van der Waals surface area contributed by atoms with E-state index >= 15 is 0 Å². The lowest BCUT2D eigenvalue weighted by Crippen LogP contribution is -2.37. The van der Waals surface area contributed by atoms with Crippen molar-refractivity contribution >= 4 is 19.8 Å². The van der Waals surface area contributed by atoms with Gasteiger partial charge in [0.1, 0.15) is 19.8 Å². The highest BCUT2D eigenvalue weighted by Crippen LogP contribution is 2.43. The summed E-state index contributed by atoms with van der Waals surface area (Å²) in [4.78, 5) is 35.4. The number of carbonyl (C=O) groups excluding carboxylic acids is 2. The molecular formula is C48H83NO8P+. The Balaban J connectivity index is 4.41. The van der Waals surface area contributed by atoms with Crippen LogP contribution in [0.15, 0.2) is 85.1 Å². The fourth-order valence-electron chi connectivity index (χ4n) is 5.43. The average Bonchev–Trinajstić information content (AvgIpc) is 3.17. The zero-order valence-corrected chi connectivity index (χ0v) is 38.1. The standard InChI is InChI=1S/C48H82NO8P/c1-6-8-10-12-14-16-18-20-21-22-23-24-25-26-27-29-31-33-35-37-39-41-48(51)57-46(45-56-58(52,53)55-43-42-49(3,4)5)44-54-47(50)40-38-36-34-32-30-28-19-17-15-13-11-9-7-2/h8,10-11,13-14,16-17,19-21,23-24,26-27,46H,6-7,9,12,15,18,22,25,28-45H2,1-5H3/p+1/b10-8-,13-11-,16-14-,19-17-,21-20-,24-23-,27-26-. The molecule has 332 valence electrons. The number of esters is 2. The van der Waals surface area contributed by atoms with Crippen molar-refractivity contribution in [1.82, 2.24) is 0 Å². The summed E-state index contributed by atoms with van der Waals surface area (Å²) >= 11 is 0. The quantitative estimate of drug-likeness (QED) is 0.0214. The largest absolute Gasteiger partial charge is 0.472 e. The molecule has 0 aromatic carbocycles. The van der Waals surface area contributed by atoms with Gasteiger partial charge in [-0.2, -0.15) is 0 Å². The number of carbonyl (C=O) groups is 2. The zero-order chi connectivity index (χ0) is 42.8. The van der Waals surface area contributed by atoms with Crippen molar-refractivity contribution in [2.75, 3.05) is 47.5 Å². The average molecular weight is 833 g/mol. The summed E-state index contributed by atoms with van der Waals surface area (Å²) in [5.74, 6) is -0.846. The Morgan fingerprint density at radius 2 is 0.983 bits per heavy atom. The highest BCUT2D eigenvalue weighted by Gasteiger charge is 2.27. The van der Waals surface area contributed by atoms with E-state index in [9.17, 15) is 19.0 Å². The molecule has 0 aliphatic rings. The zero-order valence-electron chi connectivity index (χ0n) is 37.2. The maximum atomic E-state index is 12.7. The van der Waals surface area contributed by atoms with Gasteiger partial charge in [0.25, 0.3) is 0 Å². The van der Waals surface area contributed by atoms with Gasteiger partial charge in [0.2, 0.25) is 0 Å². The topological polar surface area (TPSA) is 108 Å². The second-order valence-corrected chi connectivity index (χ2v) is 17.1. The van der Waals surface area contributed by atoms with Crippen molar-refractivity contribution in [3.8, 4) is 0 Å². The molecule has 0 saturated heterocycles. The molecule has 0 spiro atoms. The fourth-order valence-corrected chi connectivity index (χ4v) is 6.17. The number of hydrogen-bond donors (Lipinski definition) is 1. The van der Waals surface area contributed by atoms with Crippen molar-refractivity contribution in [2.45, 2.75) is 161 Å². The van der Waals surface area contributed by atoms with Gasteiger partial charge in [0.15, 0.2) is 6.10 Å². The Kier molecular flexibility index (Phi) is 37.7. The summed E-state index contributed by atoms with van der Waals surface area (Å²) in [7, 11) is 1.44. The predicted octanol–water partition coefficient (Wildman–Crippen LogP) is 12.8. The Hall–Kier alpha value is -2.81. The third kappa shape index (κ3) is 42.8. The molecule has 0 bridgehead atoms. The van der Waals surface area contributed by atoms with Gasteiger partial charge in [-0.25, -0.2) is 4.57 Å². The minimum Gasteiger partial charge on any atom is -0.462 e. The van der Waals surface area contributed by atoms with Gasteiger partial charge in [0.05, 0.1) is 27.7 Å². The van der Waals surface area contributed by atoms with Gasteiger partial charge in [0, 0.05) is 12.8 Å². The van der Waals surface area contributed by atoms with E-state index in [2.05, 4.69) is 98.9 Å². The summed E-state index contributed by atoms with van der Waals surface area (Å²) in [6, 6.07) is 0. The summed E-state index contributed by atoms with van der Waals surface area (Å²) in [5.41, 5.74) is 0. The normalized spacial score (nSPS) is 14.4. The number of hydrogen-bond acceptors (Lipinski definition) is 7. The smallest absolute Gasteiger partial charge is 0.462 e. The maximum Gasteiger partial charge on any atom is 0.472 e. The van der Waals surface area contributed by atoms with E-state index in [1.807, 2.05) is 21.1 Å². The summed E-state index contributed by atoms with van der Waals surface area (Å²) in [5, 5.41) is 0. The third-order valence-electron chi connectivity index (χ3n) is 8.89. The predicted molar refractivity (Wildman–Crippen MR) is 242 cm³/mol. The maximum absolute atomic E-state index is 12.7. The minimum atomic E-state index is -4.39. The number of phosphoric ester groups is 1. The van der Waals surface area contributed by atoms with Crippen LogP contribution in [0.25, 0.3) is 0 Å². The highest BCUT2D eigenvalue weighted by atomic mass is 31.2. The molecule has 0 aromatic heterocycles. The van der Waals surface area contributed by atoms with Crippen LogP contribution in [0, 0.1) is 0 Å². The van der Waals surface area contributed by atoms with E-state index in [1.54, 1.807) is 0 Å². The van der Waals surface area contributed by atoms with Crippen molar-refractivity contribution in [3.63, 3.8) is 0 Å². The Labute approximate surface area is 354 Å². The molecule has 0 amide bonds. The van der Waals surface area contributed by atoms with Crippen LogP contribution >= 0.6 is 7.82 Å². The van der Waals surface area contributed by atoms with Crippen LogP contribution in [-0.2, 0) is 32.7 Å². The Morgan fingerprint density at radius 3 is 1.47 bits per heavy atom. The van der Waals surface area contributed by atoms with Gasteiger partial charge < -0.3 is 18.9 Å². The molecule has 0 fully saturated rings. The molecule has 0 rings (SSSR count). The molecule has 2 atom stereocenters. The third-order valence-corrected chi connectivity index (χ3v) is 9.87. The second kappa shape index (κ2) is 39.6. The van der Waals surface area contributed by atoms with E-state index in [0.717, 1.165) is 109 Å². The first kappa shape index (κ1) is 55.2. The lowest BCUT2D eigenvalue weighted by Gasteiger charge is -2.24. The number of nitrogens with zero attached hydrogens (tertiary/aromatic N) is 1. The molecule has 0 radical (unpaired) electrons. The summed E-state index contributed by atoms with van der Waals surface area (Å²) in [6.07, 6.45) is 50.6. The number of unbranched alkanes of at least 4 members (excludes halogenated alkanes) is 11. The van der Waals surface area contributed by atoms with Crippen LogP contribution in [0.5, 0.6) is 0 Å². The van der Waals surface area contributed by atoms with Crippen LogP contribution in [0.3, 0.4) is 0 Å². The molecule has 10 heteroatoms. The monoisotopic (exact) mass is 833 g/mol. The Morgan fingerprint density at radius 1 is 0.552 bits per heavy atom. The molecule has 58 heavy (non-hydrogen) atoms. The van der Waals surface area contributed by atoms with Gasteiger partial charge in [-0.1, -0.05) is 144 Å². The van der Waals surface area contributed by atoms with Crippen molar-refractivity contribution < 1.29 is 42.1 Å². The van der Waals surface area contributed by atoms with Crippen molar-refractivity contribution in [1.29, 1.82) is 0 Å². The molecule has 0 aliphatic carbocycles. The lowest BCUT2D eigenvalue weighted by molar-refractivity contribution is -0.870. The van der Waals surface area contributed by atoms with E-state index in [1.165, 1.54) is 6.42 Å². The molecule has 1 N–H and O–H groups in total. The fraction of sp³-hybridized carbons (Fsp3) is 0.667. The number of ether oxygens (including phenoxy) is 2. The number of rotatable bonds is 39. The minimum absolute atomic E-state index is 0.0203. The van der Waals surface area contributed by atoms with Gasteiger partial charge >= 0.3 is 19.8 Å². The number of likely N-dealkylation sites (N-methyl/N-ethyl adjacent to an activating group) is 1. The molecular weight excluding hydrogens is 750 g/mol. The number of quaternary nitrogens is 1. The van der Waals surface area contributed by atoms with Crippen LogP contribution in [0.4, 0.5) is 0 Å². The van der Waals surface area contributed by atoms with E-state index in [-0.39, 0.29) is 26.1 Å². The molecule has 0 saturated carbocycles. The van der Waals surface area contributed by atoms with Gasteiger partial charge in [-0.3, -0.25) is 18.6 Å². The van der Waals surface area contributed by atoms with Crippen molar-refractivity contribution in [2.24, 2.45) is 0 Å². The first-order valence-corrected chi connectivity index (χ1v) is 23.8. The second-order valence-electron chi connectivity index (χ2n) is 15.7.